The molecule has 1 N–H and O–H groups in total. The summed E-state index contributed by atoms with van der Waals surface area (Å²) < 4.78 is 11.2. The first-order chi connectivity index (χ1) is 12.7. The second-order valence-corrected chi connectivity index (χ2v) is 9.02. The Morgan fingerprint density at radius 1 is 1.33 bits per heavy atom. The highest BCUT2D eigenvalue weighted by atomic mass is 32.2. The van der Waals surface area contributed by atoms with Crippen LogP contribution < -0.4 is 14.8 Å². The molecule has 0 unspecified atom stereocenters. The molecule has 0 aliphatic carbocycles. The number of rotatable bonds is 5. The minimum atomic E-state index is -0.258. The highest BCUT2D eigenvalue weighted by Gasteiger charge is 2.31. The van der Waals surface area contributed by atoms with E-state index in [0.29, 0.717) is 40.1 Å². The molecule has 1 fully saturated rings. The molecule has 3 rings (SSSR count). The quantitative estimate of drug-likeness (QED) is 0.598. The fourth-order valence-corrected chi connectivity index (χ4v) is 4.03. The van der Waals surface area contributed by atoms with E-state index in [1.807, 2.05) is 39.0 Å². The van der Waals surface area contributed by atoms with E-state index in [4.69, 9.17) is 21.7 Å². The molecule has 1 saturated heterocycles. The predicted octanol–water partition coefficient (Wildman–Crippen LogP) is 3.31. The lowest BCUT2D eigenvalue weighted by molar-refractivity contribution is -0.124. The summed E-state index contributed by atoms with van der Waals surface area (Å²) in [5.74, 6) is 1.22. The molecule has 0 spiro atoms. The predicted molar refractivity (Wildman–Crippen MR) is 110 cm³/mol. The average Bonchev–Trinajstić information content (AvgIpc) is 3.12. The molecule has 1 aromatic carbocycles. The van der Waals surface area contributed by atoms with Crippen LogP contribution in [-0.2, 0) is 9.59 Å². The number of nitrogens with one attached hydrogen (secondary N) is 1. The Labute approximate surface area is 168 Å². The third-order valence-corrected chi connectivity index (χ3v) is 5.25. The van der Waals surface area contributed by atoms with Crippen LogP contribution in [0.5, 0.6) is 11.5 Å². The largest absolute Gasteiger partial charge is 0.454 e. The van der Waals surface area contributed by atoms with Crippen molar-refractivity contribution in [2.24, 2.45) is 0 Å². The van der Waals surface area contributed by atoms with Crippen molar-refractivity contribution in [1.29, 1.82) is 0 Å². The van der Waals surface area contributed by atoms with E-state index in [9.17, 15) is 9.59 Å². The molecule has 0 radical (unpaired) electrons. The maximum Gasteiger partial charge on any atom is 0.266 e. The molecule has 27 heavy (non-hydrogen) atoms. The van der Waals surface area contributed by atoms with Crippen LogP contribution in [-0.4, -0.2) is 39.9 Å². The van der Waals surface area contributed by atoms with Crippen LogP contribution >= 0.6 is 24.0 Å². The van der Waals surface area contributed by atoms with Gasteiger partial charge in [-0.05, 0) is 51.0 Å². The summed E-state index contributed by atoms with van der Waals surface area (Å²) in [6.45, 7) is 6.46. The van der Waals surface area contributed by atoms with E-state index >= 15 is 0 Å². The van der Waals surface area contributed by atoms with Gasteiger partial charge in [0.1, 0.15) is 4.32 Å². The third-order valence-electron chi connectivity index (χ3n) is 3.87. The van der Waals surface area contributed by atoms with Crippen LogP contribution in [0.1, 0.15) is 39.2 Å². The monoisotopic (exact) mass is 406 g/mol. The number of fused-ring (bicyclic) bond motifs is 1. The molecule has 2 aliphatic rings. The SMILES string of the molecule is CC(C)(C)NC(=O)CCCN1C(=O)/C(=C\c2ccc3c(c2)OCO3)SC1=S. The number of carbonyl (C=O) groups is 2. The van der Waals surface area contributed by atoms with Crippen LogP contribution in [0.4, 0.5) is 0 Å². The normalized spacial score (nSPS) is 17.7. The van der Waals surface area contributed by atoms with Crippen LogP contribution in [0.15, 0.2) is 23.1 Å². The number of benzene rings is 1. The summed E-state index contributed by atoms with van der Waals surface area (Å²) in [6, 6.07) is 5.53. The van der Waals surface area contributed by atoms with Crippen LogP contribution in [0.3, 0.4) is 0 Å². The second kappa shape index (κ2) is 7.90. The molecule has 1 aromatic rings. The van der Waals surface area contributed by atoms with Crippen molar-refractivity contribution in [3.63, 3.8) is 0 Å². The first-order valence-corrected chi connectivity index (χ1v) is 9.91. The Morgan fingerprint density at radius 3 is 2.81 bits per heavy atom. The van der Waals surface area contributed by atoms with E-state index in [1.165, 1.54) is 11.8 Å². The van der Waals surface area contributed by atoms with Crippen molar-refractivity contribution in [2.45, 2.75) is 39.2 Å². The molecule has 0 bridgehead atoms. The number of nitrogens with zero attached hydrogens (tertiary/aromatic N) is 1. The number of thiocarbonyl (C=S) groups is 1. The van der Waals surface area contributed by atoms with Gasteiger partial charge in [0.2, 0.25) is 12.7 Å². The Balaban J connectivity index is 1.59. The van der Waals surface area contributed by atoms with Gasteiger partial charge in [0.05, 0.1) is 4.91 Å². The first kappa shape index (κ1) is 19.7. The summed E-state index contributed by atoms with van der Waals surface area (Å²) in [4.78, 5) is 26.7. The Kier molecular flexibility index (Phi) is 5.76. The van der Waals surface area contributed by atoms with Crippen LogP contribution in [0.2, 0.25) is 0 Å². The molecule has 2 aliphatic heterocycles. The van der Waals surface area contributed by atoms with Gasteiger partial charge in [-0.25, -0.2) is 0 Å². The fourth-order valence-electron chi connectivity index (χ4n) is 2.73. The van der Waals surface area contributed by atoms with Crippen molar-refractivity contribution in [3.05, 3.63) is 28.7 Å². The van der Waals surface area contributed by atoms with Crippen LogP contribution in [0.25, 0.3) is 6.08 Å². The van der Waals surface area contributed by atoms with Gasteiger partial charge in [-0.1, -0.05) is 30.0 Å². The van der Waals surface area contributed by atoms with E-state index in [-0.39, 0.29) is 24.1 Å². The summed E-state index contributed by atoms with van der Waals surface area (Å²) in [5, 5.41) is 2.91. The lowest BCUT2D eigenvalue weighted by atomic mass is 10.1. The second-order valence-electron chi connectivity index (χ2n) is 7.35. The molecule has 144 valence electrons. The van der Waals surface area contributed by atoms with E-state index in [1.54, 1.807) is 11.0 Å². The standard InChI is InChI=1S/C19H22N2O4S2/c1-19(2,3)20-16(22)5-4-8-21-17(23)15(27-18(21)26)10-12-6-7-13-14(9-12)25-11-24-13/h6-7,9-10H,4-5,8,11H2,1-3H3,(H,20,22)/b15-10+. The van der Waals surface area contributed by atoms with Gasteiger partial charge in [0.25, 0.3) is 5.91 Å². The van der Waals surface area contributed by atoms with Gasteiger partial charge in [0, 0.05) is 18.5 Å². The summed E-state index contributed by atoms with van der Waals surface area (Å²) >= 11 is 6.61. The van der Waals surface area contributed by atoms with Gasteiger partial charge in [-0.3, -0.25) is 14.5 Å². The van der Waals surface area contributed by atoms with Crippen LogP contribution in [0, 0.1) is 0 Å². The number of carbonyl (C=O) groups excluding carboxylic acids is 2. The van der Waals surface area contributed by atoms with Gasteiger partial charge in [0.15, 0.2) is 11.5 Å². The zero-order valence-corrected chi connectivity index (χ0v) is 17.2. The van der Waals surface area contributed by atoms with Crippen molar-refractivity contribution >= 4 is 46.2 Å². The molecular weight excluding hydrogens is 384 g/mol. The molecule has 0 saturated carbocycles. The number of amides is 2. The fraction of sp³-hybridized carbons (Fsp3) is 0.421. The van der Waals surface area contributed by atoms with Crippen molar-refractivity contribution in [1.82, 2.24) is 10.2 Å². The molecule has 2 heterocycles. The molecular formula is C19H22N2O4S2. The summed E-state index contributed by atoms with van der Waals surface area (Å²) in [6.07, 6.45) is 2.72. The summed E-state index contributed by atoms with van der Waals surface area (Å²) in [5.41, 5.74) is 0.593. The molecule has 0 aromatic heterocycles. The highest BCUT2D eigenvalue weighted by Crippen LogP contribution is 2.36. The molecule has 8 heteroatoms. The maximum atomic E-state index is 12.7. The van der Waals surface area contributed by atoms with Crippen molar-refractivity contribution in [3.8, 4) is 11.5 Å². The zero-order valence-electron chi connectivity index (χ0n) is 15.5. The Hall–Kier alpha value is -2.06. The minimum absolute atomic E-state index is 0.0242. The minimum Gasteiger partial charge on any atom is -0.454 e. The number of thioether (sulfide) groups is 1. The topological polar surface area (TPSA) is 67.9 Å². The number of hydrogen-bond acceptors (Lipinski definition) is 6. The smallest absolute Gasteiger partial charge is 0.266 e. The zero-order chi connectivity index (χ0) is 19.6. The lowest BCUT2D eigenvalue weighted by Crippen LogP contribution is -2.40. The number of ether oxygens (including phenoxy) is 2. The first-order valence-electron chi connectivity index (χ1n) is 8.69. The van der Waals surface area contributed by atoms with E-state index in [2.05, 4.69) is 5.32 Å². The molecule has 0 atom stereocenters. The highest BCUT2D eigenvalue weighted by molar-refractivity contribution is 8.26. The Bertz CT molecular complexity index is 814. The van der Waals surface area contributed by atoms with Crippen molar-refractivity contribution < 1.29 is 19.1 Å². The lowest BCUT2D eigenvalue weighted by Gasteiger charge is -2.21. The van der Waals surface area contributed by atoms with Gasteiger partial charge >= 0.3 is 0 Å². The van der Waals surface area contributed by atoms with Gasteiger partial charge in [-0.15, -0.1) is 0 Å². The van der Waals surface area contributed by atoms with Crippen molar-refractivity contribution in [2.75, 3.05) is 13.3 Å². The van der Waals surface area contributed by atoms with Gasteiger partial charge in [-0.2, -0.15) is 0 Å². The Morgan fingerprint density at radius 2 is 2.07 bits per heavy atom. The molecule has 2 amide bonds. The molecule has 6 nitrogen and oxygen atoms in total. The maximum absolute atomic E-state index is 12.7. The third kappa shape index (κ3) is 5.01. The van der Waals surface area contributed by atoms with E-state index in [0.717, 1.165) is 5.56 Å². The number of hydrogen-bond donors (Lipinski definition) is 1. The average molecular weight is 407 g/mol. The van der Waals surface area contributed by atoms with E-state index < -0.39 is 0 Å². The van der Waals surface area contributed by atoms with Gasteiger partial charge < -0.3 is 14.8 Å². The summed E-state index contributed by atoms with van der Waals surface area (Å²) in [7, 11) is 0.